The molecule has 0 radical (unpaired) electrons. The standard InChI is InChI=1S/C27H21NO4/c29-23-15-21-20-13-7-8-14-24(20)32-27(21)26(19-11-5-2-6-12-19)28-22(23)16-25(30)31-17-18-9-3-1-4-10-18/h1-14,22H,15-17H2. The highest BCUT2D eigenvalue weighted by Gasteiger charge is 2.31. The number of aliphatic imine (C=N–C) groups is 1. The number of hydrogen-bond donors (Lipinski definition) is 0. The van der Waals surface area contributed by atoms with Gasteiger partial charge in [0.25, 0.3) is 0 Å². The van der Waals surface area contributed by atoms with Gasteiger partial charge in [0.15, 0.2) is 11.5 Å². The van der Waals surface area contributed by atoms with Crippen LogP contribution >= 0.6 is 0 Å². The van der Waals surface area contributed by atoms with Gasteiger partial charge < -0.3 is 9.15 Å². The second-order valence-electron chi connectivity index (χ2n) is 7.76. The SMILES string of the molecule is O=C(CC1N=C(c2ccccc2)c2oc3ccccc3c2CC1=O)OCc1ccccc1. The summed E-state index contributed by atoms with van der Waals surface area (Å²) in [4.78, 5) is 30.4. The molecule has 0 saturated heterocycles. The molecule has 4 aromatic rings. The summed E-state index contributed by atoms with van der Waals surface area (Å²) in [5, 5.41) is 0.895. The molecule has 5 rings (SSSR count). The molecule has 5 heteroatoms. The molecule has 0 spiro atoms. The largest absolute Gasteiger partial charge is 0.461 e. The van der Waals surface area contributed by atoms with E-state index in [4.69, 9.17) is 14.1 Å². The average molecular weight is 423 g/mol. The Bertz CT molecular complexity index is 1310. The number of esters is 1. The van der Waals surface area contributed by atoms with Gasteiger partial charge in [0.2, 0.25) is 0 Å². The Labute approximate surface area is 185 Å². The molecule has 0 bridgehead atoms. The van der Waals surface area contributed by atoms with Crippen molar-refractivity contribution in [1.82, 2.24) is 0 Å². The lowest BCUT2D eigenvalue weighted by atomic mass is 9.99. The fourth-order valence-electron chi connectivity index (χ4n) is 3.96. The lowest BCUT2D eigenvalue weighted by molar-refractivity contribution is -0.146. The quantitative estimate of drug-likeness (QED) is 0.428. The van der Waals surface area contributed by atoms with E-state index in [1.165, 1.54) is 0 Å². The monoisotopic (exact) mass is 423 g/mol. The number of rotatable bonds is 5. The Kier molecular flexibility index (Phi) is 5.38. The Hall–Kier alpha value is -3.99. The molecule has 1 atom stereocenters. The normalized spacial score (nSPS) is 15.7. The lowest BCUT2D eigenvalue weighted by Crippen LogP contribution is -2.25. The van der Waals surface area contributed by atoms with Crippen molar-refractivity contribution in [3.8, 4) is 0 Å². The molecule has 32 heavy (non-hydrogen) atoms. The van der Waals surface area contributed by atoms with Crippen LogP contribution in [0.3, 0.4) is 0 Å². The summed E-state index contributed by atoms with van der Waals surface area (Å²) in [7, 11) is 0. The zero-order valence-electron chi connectivity index (χ0n) is 17.4. The first-order valence-corrected chi connectivity index (χ1v) is 10.6. The average Bonchev–Trinajstić information content (AvgIpc) is 3.13. The predicted molar refractivity (Wildman–Crippen MR) is 122 cm³/mol. The Morgan fingerprint density at radius 2 is 1.62 bits per heavy atom. The van der Waals surface area contributed by atoms with E-state index in [0.717, 1.165) is 27.7 Å². The highest BCUT2D eigenvalue weighted by atomic mass is 16.5. The van der Waals surface area contributed by atoms with Gasteiger partial charge in [-0.1, -0.05) is 78.9 Å². The van der Waals surface area contributed by atoms with Crippen molar-refractivity contribution < 1.29 is 18.7 Å². The zero-order chi connectivity index (χ0) is 21.9. The van der Waals surface area contributed by atoms with Crippen LogP contribution in [0.4, 0.5) is 0 Å². The maximum Gasteiger partial charge on any atom is 0.308 e. The first-order chi connectivity index (χ1) is 15.7. The minimum absolute atomic E-state index is 0.107. The molecule has 158 valence electrons. The third-order valence-corrected chi connectivity index (χ3v) is 5.57. The minimum Gasteiger partial charge on any atom is -0.461 e. The van der Waals surface area contributed by atoms with Gasteiger partial charge in [0.1, 0.15) is 23.9 Å². The Balaban J connectivity index is 1.47. The van der Waals surface area contributed by atoms with Crippen LogP contribution in [0.25, 0.3) is 11.0 Å². The van der Waals surface area contributed by atoms with Crippen LogP contribution in [-0.2, 0) is 27.4 Å². The number of carbonyl (C=O) groups is 2. The van der Waals surface area contributed by atoms with Crippen LogP contribution in [0, 0.1) is 0 Å². The smallest absolute Gasteiger partial charge is 0.308 e. The van der Waals surface area contributed by atoms with E-state index in [-0.39, 0.29) is 25.2 Å². The van der Waals surface area contributed by atoms with E-state index in [1.54, 1.807) is 0 Å². The van der Waals surface area contributed by atoms with Gasteiger partial charge in [-0.25, -0.2) is 0 Å². The summed E-state index contributed by atoms with van der Waals surface area (Å²) >= 11 is 0. The number of nitrogens with zero attached hydrogens (tertiary/aromatic N) is 1. The second kappa shape index (κ2) is 8.63. The minimum atomic E-state index is -0.824. The number of carbonyl (C=O) groups excluding carboxylic acids is 2. The first kappa shape index (κ1) is 19.9. The molecule has 1 aliphatic rings. The van der Waals surface area contributed by atoms with Gasteiger partial charge in [-0.15, -0.1) is 0 Å². The van der Waals surface area contributed by atoms with Gasteiger partial charge >= 0.3 is 5.97 Å². The summed E-state index contributed by atoms with van der Waals surface area (Å²) in [6, 6.07) is 25.9. The third kappa shape index (κ3) is 3.97. The molecular weight excluding hydrogens is 402 g/mol. The molecule has 0 N–H and O–H groups in total. The van der Waals surface area contributed by atoms with E-state index in [2.05, 4.69) is 0 Å². The summed E-state index contributed by atoms with van der Waals surface area (Å²) in [6.45, 7) is 0.168. The van der Waals surface area contributed by atoms with Crippen molar-refractivity contribution in [2.24, 2.45) is 4.99 Å². The number of ketones is 1. The van der Waals surface area contributed by atoms with E-state index in [0.29, 0.717) is 11.5 Å². The lowest BCUT2D eigenvalue weighted by Gasteiger charge is -2.11. The predicted octanol–water partition coefficient (Wildman–Crippen LogP) is 4.90. The molecule has 0 aliphatic carbocycles. The van der Waals surface area contributed by atoms with Crippen molar-refractivity contribution >= 4 is 28.4 Å². The van der Waals surface area contributed by atoms with Gasteiger partial charge in [0, 0.05) is 22.9 Å². The Morgan fingerprint density at radius 1 is 0.938 bits per heavy atom. The van der Waals surface area contributed by atoms with Crippen LogP contribution in [0.15, 0.2) is 94.3 Å². The van der Waals surface area contributed by atoms with Crippen molar-refractivity contribution in [2.45, 2.75) is 25.5 Å². The molecule has 2 heterocycles. The summed E-state index contributed by atoms with van der Waals surface area (Å²) < 4.78 is 11.6. The van der Waals surface area contributed by atoms with Crippen LogP contribution in [0.2, 0.25) is 0 Å². The van der Waals surface area contributed by atoms with E-state index >= 15 is 0 Å². The maximum atomic E-state index is 13.1. The molecule has 1 aliphatic heterocycles. The van der Waals surface area contributed by atoms with Gasteiger partial charge in [0.05, 0.1) is 6.42 Å². The summed E-state index contributed by atoms with van der Waals surface area (Å²) in [6.07, 6.45) is 0.0486. The highest BCUT2D eigenvalue weighted by Crippen LogP contribution is 2.31. The highest BCUT2D eigenvalue weighted by molar-refractivity contribution is 6.17. The van der Waals surface area contributed by atoms with Crippen molar-refractivity contribution in [3.05, 3.63) is 107 Å². The molecule has 0 saturated carbocycles. The third-order valence-electron chi connectivity index (χ3n) is 5.57. The second-order valence-corrected chi connectivity index (χ2v) is 7.76. The number of furan rings is 1. The number of ether oxygens (including phenoxy) is 1. The topological polar surface area (TPSA) is 68.9 Å². The van der Waals surface area contributed by atoms with Crippen LogP contribution in [-0.4, -0.2) is 23.5 Å². The van der Waals surface area contributed by atoms with Gasteiger partial charge in [-0.05, 0) is 11.6 Å². The van der Waals surface area contributed by atoms with E-state index in [9.17, 15) is 9.59 Å². The van der Waals surface area contributed by atoms with Gasteiger partial charge in [-0.3, -0.25) is 14.6 Å². The number of para-hydroxylation sites is 1. The van der Waals surface area contributed by atoms with Crippen molar-refractivity contribution in [3.63, 3.8) is 0 Å². The molecular formula is C27H21NO4. The number of fused-ring (bicyclic) bond motifs is 3. The van der Waals surface area contributed by atoms with Crippen LogP contribution in [0.5, 0.6) is 0 Å². The number of hydrogen-bond acceptors (Lipinski definition) is 5. The van der Waals surface area contributed by atoms with E-state index in [1.807, 2.05) is 84.9 Å². The molecule has 0 amide bonds. The maximum absolute atomic E-state index is 13.1. The fourth-order valence-corrected chi connectivity index (χ4v) is 3.96. The summed E-state index contributed by atoms with van der Waals surface area (Å²) in [5.41, 5.74) is 3.85. The van der Waals surface area contributed by atoms with Crippen LogP contribution < -0.4 is 0 Å². The number of Topliss-reactive ketones (excluding diaryl/α,β-unsaturated/α-hetero) is 1. The molecule has 1 unspecified atom stereocenters. The molecule has 1 aromatic heterocycles. The zero-order valence-corrected chi connectivity index (χ0v) is 17.4. The Morgan fingerprint density at radius 3 is 2.41 bits per heavy atom. The molecule has 0 fully saturated rings. The summed E-state index contributed by atoms with van der Waals surface area (Å²) in [5.74, 6) is 0.0121. The molecule has 3 aromatic carbocycles. The first-order valence-electron chi connectivity index (χ1n) is 10.6. The van der Waals surface area contributed by atoms with Crippen molar-refractivity contribution in [2.75, 3.05) is 0 Å². The van der Waals surface area contributed by atoms with Gasteiger partial charge in [-0.2, -0.15) is 0 Å². The number of benzene rings is 3. The van der Waals surface area contributed by atoms with Crippen LogP contribution in [0.1, 0.15) is 28.9 Å². The van der Waals surface area contributed by atoms with Crippen molar-refractivity contribution in [1.29, 1.82) is 0 Å². The molecule has 5 nitrogen and oxygen atoms in total. The fraction of sp³-hybridized carbons (Fsp3) is 0.148. The van der Waals surface area contributed by atoms with E-state index < -0.39 is 12.0 Å².